The summed E-state index contributed by atoms with van der Waals surface area (Å²) in [6.45, 7) is 4.59. The first-order valence-corrected chi connectivity index (χ1v) is 17.1. The number of unbranched alkanes of at least 4 members (excludes halogenated alkanes) is 26. The molecule has 1 N–H and O–H groups in total. The van der Waals surface area contributed by atoms with E-state index in [0.29, 0.717) is 5.92 Å². The highest BCUT2D eigenvalue weighted by Crippen LogP contribution is 2.19. The van der Waals surface area contributed by atoms with Gasteiger partial charge in [0.05, 0.1) is 0 Å². The minimum absolute atomic E-state index is 0.483. The van der Waals surface area contributed by atoms with Crippen LogP contribution in [-0.4, -0.2) is 6.21 Å². The lowest BCUT2D eigenvalue weighted by molar-refractivity contribution is -0.370. The molecule has 0 rings (SSSR count). The predicted molar refractivity (Wildman–Crippen MR) is 164 cm³/mol. The Kier molecular flexibility index (Phi) is 32.0. The summed E-state index contributed by atoms with van der Waals surface area (Å²) in [5.41, 5.74) is 0. The quantitative estimate of drug-likeness (QED) is 0.0430. The molecular formula is C34H69NO. The van der Waals surface area contributed by atoms with Crippen molar-refractivity contribution in [2.75, 3.05) is 0 Å². The van der Waals surface area contributed by atoms with E-state index in [1.807, 2.05) is 6.21 Å². The molecule has 36 heavy (non-hydrogen) atoms. The Balaban J connectivity index is 3.38. The van der Waals surface area contributed by atoms with Gasteiger partial charge in [-0.05, 0) is 12.8 Å². The summed E-state index contributed by atoms with van der Waals surface area (Å²) in [6.07, 6.45) is 43.7. The second-order valence-electron chi connectivity index (χ2n) is 11.8. The van der Waals surface area contributed by atoms with Crippen LogP contribution in [0.2, 0.25) is 0 Å². The maximum Gasteiger partial charge on any atom is 0.151 e. The molecule has 0 aromatic rings. The van der Waals surface area contributed by atoms with Gasteiger partial charge >= 0.3 is 0 Å². The van der Waals surface area contributed by atoms with Crippen LogP contribution in [0.5, 0.6) is 0 Å². The van der Waals surface area contributed by atoms with Gasteiger partial charge in [0.15, 0.2) is 6.21 Å². The van der Waals surface area contributed by atoms with Crippen LogP contribution in [0.4, 0.5) is 0 Å². The molecule has 0 aliphatic heterocycles. The minimum atomic E-state index is 0.483. The van der Waals surface area contributed by atoms with Crippen LogP contribution >= 0.6 is 0 Å². The molecule has 0 heterocycles. The third kappa shape index (κ3) is 29.7. The van der Waals surface area contributed by atoms with Crippen LogP contribution in [0.25, 0.3) is 0 Å². The van der Waals surface area contributed by atoms with Crippen LogP contribution in [0.1, 0.15) is 206 Å². The van der Waals surface area contributed by atoms with Crippen molar-refractivity contribution >= 4 is 6.21 Å². The molecule has 0 unspecified atom stereocenters. The van der Waals surface area contributed by atoms with E-state index < -0.39 is 0 Å². The molecule has 2 nitrogen and oxygen atoms in total. The maximum absolute atomic E-state index is 10.9. The van der Waals surface area contributed by atoms with Crippen molar-refractivity contribution in [2.45, 2.75) is 206 Å². The first-order chi connectivity index (χ1) is 17.8. The largest absolute Gasteiger partial charge is 0.626 e. The first kappa shape index (κ1) is 35.5. The van der Waals surface area contributed by atoms with E-state index in [2.05, 4.69) is 19.0 Å². The first-order valence-electron chi connectivity index (χ1n) is 17.1. The Bertz CT molecular complexity index is 376. The monoisotopic (exact) mass is 508 g/mol. The van der Waals surface area contributed by atoms with Gasteiger partial charge in [0.25, 0.3) is 0 Å². The Morgan fingerprint density at radius 3 is 0.833 bits per heavy atom. The van der Waals surface area contributed by atoms with Crippen LogP contribution in [0.15, 0.2) is 0 Å². The lowest BCUT2D eigenvalue weighted by atomic mass is 9.95. The molecule has 0 bridgehead atoms. The lowest BCUT2D eigenvalue weighted by Crippen LogP contribution is -2.61. The molecule has 0 saturated carbocycles. The summed E-state index contributed by atoms with van der Waals surface area (Å²) in [5, 5.41) is 13.0. The molecule has 0 saturated heterocycles. The van der Waals surface area contributed by atoms with E-state index in [9.17, 15) is 5.21 Å². The fourth-order valence-corrected chi connectivity index (χ4v) is 5.61. The fourth-order valence-electron chi connectivity index (χ4n) is 5.61. The zero-order chi connectivity index (χ0) is 26.2. The van der Waals surface area contributed by atoms with E-state index >= 15 is 0 Å². The zero-order valence-electron chi connectivity index (χ0n) is 25.3. The molecule has 0 amide bonds. The fraction of sp³-hybridized carbons (Fsp3) is 0.971. The molecule has 2 heteroatoms. The number of hydrogen-bond donors (Lipinski definition) is 1. The average Bonchev–Trinajstić information content (AvgIpc) is 2.89. The van der Waals surface area contributed by atoms with Crippen LogP contribution in [-0.2, 0) is 0 Å². The van der Waals surface area contributed by atoms with E-state index in [-0.39, 0.29) is 0 Å². The number of rotatable bonds is 31. The third-order valence-electron chi connectivity index (χ3n) is 8.16. The highest BCUT2D eigenvalue weighted by molar-refractivity contribution is 5.53. The molecule has 0 atom stereocenters. The maximum atomic E-state index is 10.9. The molecule has 0 aromatic carbocycles. The second-order valence-corrected chi connectivity index (χ2v) is 11.8. The Morgan fingerprint density at radius 2 is 0.611 bits per heavy atom. The van der Waals surface area contributed by atoms with Crippen molar-refractivity contribution in [2.24, 2.45) is 5.92 Å². The van der Waals surface area contributed by atoms with Gasteiger partial charge in [-0.3, -0.25) is 0 Å². The smallest absolute Gasteiger partial charge is 0.151 e. The molecule has 0 aliphatic rings. The van der Waals surface area contributed by atoms with Crippen LogP contribution in [0.3, 0.4) is 0 Å². The third-order valence-corrected chi connectivity index (χ3v) is 8.16. The van der Waals surface area contributed by atoms with Gasteiger partial charge in [-0.15, -0.1) is 0 Å². The molecule has 0 aliphatic carbocycles. The standard InChI is InChI=1S/C34H69NO/c1-3-5-7-9-11-13-15-17-19-21-23-25-27-29-31-34(33-35-36)32-30-28-26-24-22-20-18-16-14-12-10-8-6-4-2/h33-35H,3-32H2,1-2H3. The summed E-state index contributed by atoms with van der Waals surface area (Å²) in [6, 6.07) is 0. The van der Waals surface area contributed by atoms with Gasteiger partial charge in [-0.25, -0.2) is 5.16 Å². The zero-order valence-corrected chi connectivity index (χ0v) is 25.3. The molecular weight excluding hydrogens is 438 g/mol. The topological polar surface area (TPSA) is 37.0 Å². The van der Waals surface area contributed by atoms with Gasteiger partial charge in [0.1, 0.15) is 0 Å². The molecule has 0 aromatic heterocycles. The van der Waals surface area contributed by atoms with Gasteiger partial charge < -0.3 is 5.21 Å². The molecule has 0 spiro atoms. The summed E-state index contributed by atoms with van der Waals surface area (Å²) in [5.74, 6) is 0.483. The summed E-state index contributed by atoms with van der Waals surface area (Å²) in [7, 11) is 0. The molecule has 216 valence electrons. The van der Waals surface area contributed by atoms with Crippen molar-refractivity contribution in [3.8, 4) is 0 Å². The SMILES string of the molecule is CCCCCCCCCCCCCCCCC(C=[NH+][O-])CCCCCCCCCCCCCCCC. The van der Waals surface area contributed by atoms with E-state index in [1.165, 1.54) is 193 Å². The average molecular weight is 508 g/mol. The van der Waals surface area contributed by atoms with Crippen molar-refractivity contribution in [3.05, 3.63) is 5.21 Å². The van der Waals surface area contributed by atoms with Gasteiger partial charge in [-0.2, -0.15) is 0 Å². The van der Waals surface area contributed by atoms with Gasteiger partial charge in [-0.1, -0.05) is 194 Å². The number of hydrogen-bond acceptors (Lipinski definition) is 1. The second kappa shape index (κ2) is 32.5. The Morgan fingerprint density at radius 1 is 0.389 bits per heavy atom. The van der Waals surface area contributed by atoms with Crippen molar-refractivity contribution in [1.82, 2.24) is 0 Å². The number of nitrogens with one attached hydrogen (secondary N) is 1. The normalized spacial score (nSPS) is 11.9. The van der Waals surface area contributed by atoms with Crippen LogP contribution < -0.4 is 5.16 Å². The molecule has 0 fully saturated rings. The van der Waals surface area contributed by atoms with Crippen molar-refractivity contribution in [1.29, 1.82) is 0 Å². The predicted octanol–water partition coefficient (Wildman–Crippen LogP) is 11.0. The van der Waals surface area contributed by atoms with Gasteiger partial charge in [0.2, 0.25) is 0 Å². The summed E-state index contributed by atoms with van der Waals surface area (Å²) >= 11 is 0. The van der Waals surface area contributed by atoms with E-state index in [0.717, 1.165) is 0 Å². The minimum Gasteiger partial charge on any atom is -0.626 e. The summed E-state index contributed by atoms with van der Waals surface area (Å²) in [4.78, 5) is 0. The summed E-state index contributed by atoms with van der Waals surface area (Å²) < 4.78 is 0. The lowest BCUT2D eigenvalue weighted by Gasteiger charge is -2.10. The highest BCUT2D eigenvalue weighted by Gasteiger charge is 2.08. The van der Waals surface area contributed by atoms with Crippen molar-refractivity contribution < 1.29 is 5.16 Å². The Hall–Kier alpha value is -0.530. The van der Waals surface area contributed by atoms with Crippen LogP contribution in [0, 0.1) is 11.1 Å². The highest BCUT2D eigenvalue weighted by atomic mass is 16.4. The Labute approximate surface area is 228 Å². The van der Waals surface area contributed by atoms with E-state index in [1.54, 1.807) is 0 Å². The van der Waals surface area contributed by atoms with Crippen molar-refractivity contribution in [3.63, 3.8) is 0 Å². The molecule has 0 radical (unpaired) electrons. The van der Waals surface area contributed by atoms with Gasteiger partial charge in [0, 0.05) is 5.92 Å². The van der Waals surface area contributed by atoms with E-state index in [4.69, 9.17) is 0 Å².